The molecule has 0 unspecified atom stereocenters. The number of hydrogen-bond acceptors (Lipinski definition) is 3. The van der Waals surface area contributed by atoms with Gasteiger partial charge in [-0.25, -0.2) is 5.43 Å². The van der Waals surface area contributed by atoms with Gasteiger partial charge in [-0.1, -0.05) is 29.8 Å². The van der Waals surface area contributed by atoms with Crippen molar-refractivity contribution in [1.29, 1.82) is 0 Å². The van der Waals surface area contributed by atoms with Crippen molar-refractivity contribution >= 4 is 35.3 Å². The number of rotatable bonds is 4. The van der Waals surface area contributed by atoms with E-state index in [0.29, 0.717) is 10.7 Å². The molecule has 0 saturated carbocycles. The van der Waals surface area contributed by atoms with Crippen LogP contribution in [0.15, 0.2) is 59.7 Å². The first kappa shape index (κ1) is 20.4. The average molecular weight is 409 g/mol. The lowest BCUT2D eigenvalue weighted by molar-refractivity contribution is -0.136. The molecule has 1 aromatic heterocycles. The van der Waals surface area contributed by atoms with Crippen LogP contribution in [0.2, 0.25) is 5.02 Å². The average Bonchev–Trinajstić information content (AvgIpc) is 2.97. The molecule has 0 radical (unpaired) electrons. The summed E-state index contributed by atoms with van der Waals surface area (Å²) in [4.78, 5) is 24.0. The SMILES string of the molecule is Cc1ccccc1NC(=O)C(=O)NN=Cc1cc(C)n(-c2ccc(Cl)cc2)c1C. The Morgan fingerprint density at radius 1 is 1.00 bits per heavy atom. The Kier molecular flexibility index (Phi) is 6.14. The lowest BCUT2D eigenvalue weighted by Gasteiger charge is -2.09. The van der Waals surface area contributed by atoms with E-state index >= 15 is 0 Å². The highest BCUT2D eigenvalue weighted by molar-refractivity contribution is 6.39. The Morgan fingerprint density at radius 3 is 2.38 bits per heavy atom. The maximum atomic E-state index is 12.0. The molecular formula is C22H21ClN4O2. The van der Waals surface area contributed by atoms with E-state index in [-0.39, 0.29) is 0 Å². The van der Waals surface area contributed by atoms with E-state index in [1.54, 1.807) is 12.1 Å². The van der Waals surface area contributed by atoms with Crippen LogP contribution in [-0.4, -0.2) is 22.6 Å². The second kappa shape index (κ2) is 8.75. The number of aromatic nitrogens is 1. The first-order valence-corrected chi connectivity index (χ1v) is 9.39. The Morgan fingerprint density at radius 2 is 1.69 bits per heavy atom. The number of para-hydroxylation sites is 1. The number of hydrogen-bond donors (Lipinski definition) is 2. The van der Waals surface area contributed by atoms with Crippen molar-refractivity contribution in [1.82, 2.24) is 9.99 Å². The number of carbonyl (C=O) groups excluding carboxylic acids is 2. The van der Waals surface area contributed by atoms with Crippen molar-refractivity contribution in [2.24, 2.45) is 5.10 Å². The first-order valence-electron chi connectivity index (χ1n) is 9.01. The molecule has 1 heterocycles. The molecule has 0 saturated heterocycles. The molecule has 2 N–H and O–H groups in total. The Bertz CT molecular complexity index is 1080. The molecule has 7 heteroatoms. The summed E-state index contributed by atoms with van der Waals surface area (Å²) in [6, 6.07) is 16.7. The van der Waals surface area contributed by atoms with Gasteiger partial charge in [0.05, 0.1) is 6.21 Å². The molecule has 0 aliphatic heterocycles. The zero-order valence-corrected chi connectivity index (χ0v) is 17.1. The summed E-state index contributed by atoms with van der Waals surface area (Å²) in [7, 11) is 0. The lowest BCUT2D eigenvalue weighted by Crippen LogP contribution is -2.32. The second-order valence-corrected chi connectivity index (χ2v) is 7.04. The van der Waals surface area contributed by atoms with Crippen molar-refractivity contribution in [2.45, 2.75) is 20.8 Å². The standard InChI is InChI=1S/C22H21ClN4O2/c1-14-6-4-5-7-20(14)25-21(28)22(29)26-24-13-17-12-15(2)27(16(17)3)19-10-8-18(23)9-11-19/h4-13H,1-3H3,(H,25,28)(H,26,29). The van der Waals surface area contributed by atoms with Crippen molar-refractivity contribution < 1.29 is 9.59 Å². The van der Waals surface area contributed by atoms with E-state index in [1.165, 1.54) is 6.21 Å². The van der Waals surface area contributed by atoms with Crippen molar-refractivity contribution in [3.63, 3.8) is 0 Å². The molecule has 3 aromatic rings. The fourth-order valence-corrected chi connectivity index (χ4v) is 3.14. The van der Waals surface area contributed by atoms with Gasteiger partial charge in [-0.2, -0.15) is 5.10 Å². The number of nitrogens with one attached hydrogen (secondary N) is 2. The van der Waals surface area contributed by atoms with Gasteiger partial charge >= 0.3 is 11.8 Å². The zero-order valence-electron chi connectivity index (χ0n) is 16.4. The van der Waals surface area contributed by atoms with Gasteiger partial charge in [-0.3, -0.25) is 9.59 Å². The van der Waals surface area contributed by atoms with Gasteiger partial charge in [0.15, 0.2) is 0 Å². The third-order valence-electron chi connectivity index (χ3n) is 4.52. The van der Waals surface area contributed by atoms with Gasteiger partial charge in [0.25, 0.3) is 0 Å². The monoisotopic (exact) mass is 408 g/mol. The third kappa shape index (κ3) is 4.73. The molecule has 0 spiro atoms. The maximum Gasteiger partial charge on any atom is 0.329 e. The van der Waals surface area contributed by atoms with E-state index in [9.17, 15) is 9.59 Å². The summed E-state index contributed by atoms with van der Waals surface area (Å²) in [5.41, 5.74) is 7.49. The van der Waals surface area contributed by atoms with Crippen LogP contribution in [0.1, 0.15) is 22.5 Å². The predicted octanol–water partition coefficient (Wildman–Crippen LogP) is 4.14. The molecular weight excluding hydrogens is 388 g/mol. The summed E-state index contributed by atoms with van der Waals surface area (Å²) in [5.74, 6) is -1.61. The predicted molar refractivity (Wildman–Crippen MR) is 116 cm³/mol. The van der Waals surface area contributed by atoms with Crippen LogP contribution in [0.5, 0.6) is 0 Å². The summed E-state index contributed by atoms with van der Waals surface area (Å²) < 4.78 is 2.06. The molecule has 2 amide bonds. The number of aryl methyl sites for hydroxylation is 2. The topological polar surface area (TPSA) is 75.5 Å². The van der Waals surface area contributed by atoms with E-state index in [0.717, 1.165) is 28.2 Å². The number of carbonyl (C=O) groups is 2. The van der Waals surface area contributed by atoms with Crippen molar-refractivity contribution in [2.75, 3.05) is 5.32 Å². The van der Waals surface area contributed by atoms with E-state index in [1.807, 2.05) is 63.2 Å². The number of hydrazone groups is 1. The van der Waals surface area contributed by atoms with E-state index in [2.05, 4.69) is 20.4 Å². The molecule has 0 fully saturated rings. The van der Waals surface area contributed by atoms with Gasteiger partial charge in [0, 0.05) is 33.3 Å². The summed E-state index contributed by atoms with van der Waals surface area (Å²) in [6.45, 7) is 5.78. The van der Waals surface area contributed by atoms with Crippen LogP contribution in [0.3, 0.4) is 0 Å². The van der Waals surface area contributed by atoms with Crippen molar-refractivity contribution in [3.8, 4) is 5.69 Å². The number of benzene rings is 2. The highest BCUT2D eigenvalue weighted by atomic mass is 35.5. The highest BCUT2D eigenvalue weighted by Crippen LogP contribution is 2.21. The van der Waals surface area contributed by atoms with Crippen LogP contribution in [0.25, 0.3) is 5.69 Å². The van der Waals surface area contributed by atoms with E-state index in [4.69, 9.17) is 11.6 Å². The van der Waals surface area contributed by atoms with Crippen LogP contribution >= 0.6 is 11.6 Å². The fourth-order valence-electron chi connectivity index (χ4n) is 3.01. The summed E-state index contributed by atoms with van der Waals surface area (Å²) >= 11 is 5.96. The van der Waals surface area contributed by atoms with Gasteiger partial charge < -0.3 is 9.88 Å². The third-order valence-corrected chi connectivity index (χ3v) is 4.78. The molecule has 0 aliphatic carbocycles. The van der Waals surface area contributed by atoms with Gasteiger partial charge in [-0.15, -0.1) is 0 Å². The van der Waals surface area contributed by atoms with Gasteiger partial charge in [0.2, 0.25) is 0 Å². The normalized spacial score (nSPS) is 10.9. The minimum Gasteiger partial charge on any atom is -0.318 e. The van der Waals surface area contributed by atoms with E-state index < -0.39 is 11.8 Å². The molecule has 6 nitrogen and oxygen atoms in total. The molecule has 0 bridgehead atoms. The van der Waals surface area contributed by atoms with Crippen LogP contribution in [-0.2, 0) is 9.59 Å². The zero-order chi connectivity index (χ0) is 21.0. The molecule has 29 heavy (non-hydrogen) atoms. The fraction of sp³-hybridized carbons (Fsp3) is 0.136. The largest absolute Gasteiger partial charge is 0.329 e. The Balaban J connectivity index is 1.68. The Labute approximate surface area is 174 Å². The van der Waals surface area contributed by atoms with Crippen LogP contribution in [0, 0.1) is 20.8 Å². The molecule has 2 aromatic carbocycles. The Hall–Kier alpha value is -3.38. The minimum absolute atomic E-state index is 0.586. The van der Waals surface area contributed by atoms with Crippen LogP contribution < -0.4 is 10.7 Å². The minimum atomic E-state index is -0.837. The number of amides is 2. The van der Waals surface area contributed by atoms with Crippen LogP contribution in [0.4, 0.5) is 5.69 Å². The summed E-state index contributed by atoms with van der Waals surface area (Å²) in [6.07, 6.45) is 1.52. The maximum absolute atomic E-state index is 12.0. The lowest BCUT2D eigenvalue weighted by atomic mass is 10.2. The van der Waals surface area contributed by atoms with Gasteiger partial charge in [0.1, 0.15) is 0 Å². The van der Waals surface area contributed by atoms with Gasteiger partial charge in [-0.05, 0) is 62.7 Å². The first-order chi connectivity index (χ1) is 13.9. The molecule has 0 aliphatic rings. The number of halogens is 1. The smallest absolute Gasteiger partial charge is 0.318 e. The number of nitrogens with zero attached hydrogens (tertiary/aromatic N) is 2. The molecule has 3 rings (SSSR count). The number of anilines is 1. The van der Waals surface area contributed by atoms with Crippen molar-refractivity contribution in [3.05, 3.63) is 82.1 Å². The molecule has 148 valence electrons. The molecule has 0 atom stereocenters. The highest BCUT2D eigenvalue weighted by Gasteiger charge is 2.14. The quantitative estimate of drug-likeness (QED) is 0.386. The second-order valence-electron chi connectivity index (χ2n) is 6.61. The summed E-state index contributed by atoms with van der Waals surface area (Å²) in [5, 5.41) is 7.17.